The fraction of sp³-hybridized carbons (Fsp3) is 0.524. The fourth-order valence-corrected chi connectivity index (χ4v) is 4.55. The molecule has 1 aliphatic carbocycles. The Bertz CT molecular complexity index is 968. The monoisotopic (exact) mass is 426 g/mol. The van der Waals surface area contributed by atoms with Gasteiger partial charge in [-0.1, -0.05) is 48.5 Å². The smallest absolute Gasteiger partial charge is 0.390 e. The van der Waals surface area contributed by atoms with Crippen molar-refractivity contribution in [1.29, 1.82) is 0 Å². The number of amides is 2. The Morgan fingerprint density at radius 2 is 1.97 bits per heavy atom. The van der Waals surface area contributed by atoms with Crippen LogP contribution in [-0.4, -0.2) is 49.5 Å². The molecular weight excluding hydrogens is 400 g/mol. The summed E-state index contributed by atoms with van der Waals surface area (Å²) in [5.41, 5.74) is 2.19. The zero-order valence-corrected chi connectivity index (χ0v) is 17.3. The van der Waals surface area contributed by atoms with Crippen LogP contribution >= 0.6 is 0 Å². The van der Waals surface area contributed by atoms with Gasteiger partial charge in [0.2, 0.25) is 18.1 Å². The molecule has 10 heteroatoms. The summed E-state index contributed by atoms with van der Waals surface area (Å²) in [6.45, 7) is 0.711. The number of aromatic nitrogens is 3. The van der Waals surface area contributed by atoms with Crippen LogP contribution in [0.4, 0.5) is 5.95 Å². The lowest BCUT2D eigenvalue weighted by atomic mass is 9.88. The first-order valence-corrected chi connectivity index (χ1v) is 10.7. The van der Waals surface area contributed by atoms with Crippen LogP contribution in [0.3, 0.4) is 0 Å². The molecule has 31 heavy (non-hydrogen) atoms. The molecule has 2 aliphatic rings. The van der Waals surface area contributed by atoms with E-state index >= 15 is 0 Å². The fourth-order valence-electron chi connectivity index (χ4n) is 4.55. The van der Waals surface area contributed by atoms with E-state index in [2.05, 4.69) is 15.4 Å². The van der Waals surface area contributed by atoms with Crippen molar-refractivity contribution in [3.05, 3.63) is 51.8 Å². The minimum Gasteiger partial charge on any atom is -0.390 e. The van der Waals surface area contributed by atoms with E-state index in [0.29, 0.717) is 19.5 Å². The Hall–Kier alpha value is -3.30. The summed E-state index contributed by atoms with van der Waals surface area (Å²) in [7, 11) is 0. The van der Waals surface area contributed by atoms with Crippen LogP contribution in [0.2, 0.25) is 0 Å². The van der Waals surface area contributed by atoms with Crippen molar-refractivity contribution in [3.8, 4) is 0 Å². The molecule has 0 spiro atoms. The molecule has 0 radical (unpaired) electrons. The Labute approximate surface area is 179 Å². The quantitative estimate of drug-likeness (QED) is 0.557. The van der Waals surface area contributed by atoms with E-state index in [1.165, 1.54) is 23.0 Å². The van der Waals surface area contributed by atoms with E-state index in [4.69, 9.17) is 0 Å². The van der Waals surface area contributed by atoms with Gasteiger partial charge in [-0.05, 0) is 35.3 Å². The molecule has 4 rings (SSSR count). The second-order valence-corrected chi connectivity index (χ2v) is 8.13. The third-order valence-corrected chi connectivity index (χ3v) is 6.16. The van der Waals surface area contributed by atoms with E-state index in [9.17, 15) is 19.7 Å². The molecule has 10 nitrogen and oxygen atoms in total. The molecule has 1 aliphatic heterocycles. The molecule has 1 atom stereocenters. The standard InChI is InChI=1S/C21H26N6O4/c28-19(13-25-14-23-21(24-25)27(30)31)26-11-10-15-6-4-5-9-17(15)18(26)12-22-20(29)16-7-2-1-3-8-16/h4-6,9,14,16,18H,1-3,7-8,10-13H2,(H,22,29). The van der Waals surface area contributed by atoms with Crippen molar-refractivity contribution in [2.75, 3.05) is 13.1 Å². The zero-order valence-electron chi connectivity index (χ0n) is 17.3. The van der Waals surface area contributed by atoms with E-state index in [-0.39, 0.29) is 30.3 Å². The highest BCUT2D eigenvalue weighted by atomic mass is 16.6. The van der Waals surface area contributed by atoms with Crippen molar-refractivity contribution in [1.82, 2.24) is 25.0 Å². The highest BCUT2D eigenvalue weighted by Gasteiger charge is 2.32. The van der Waals surface area contributed by atoms with Gasteiger partial charge in [-0.2, -0.15) is 4.68 Å². The van der Waals surface area contributed by atoms with Crippen molar-refractivity contribution in [2.45, 2.75) is 51.1 Å². The maximum Gasteiger partial charge on any atom is 0.490 e. The normalized spacial score (nSPS) is 19.0. The number of nitro groups is 1. The van der Waals surface area contributed by atoms with E-state index in [1.807, 2.05) is 24.3 Å². The van der Waals surface area contributed by atoms with Crippen LogP contribution in [-0.2, 0) is 22.6 Å². The van der Waals surface area contributed by atoms with Gasteiger partial charge < -0.3 is 20.3 Å². The van der Waals surface area contributed by atoms with Crippen molar-refractivity contribution in [3.63, 3.8) is 0 Å². The van der Waals surface area contributed by atoms with Gasteiger partial charge >= 0.3 is 5.95 Å². The summed E-state index contributed by atoms with van der Waals surface area (Å²) >= 11 is 0. The highest BCUT2D eigenvalue weighted by Crippen LogP contribution is 2.30. The summed E-state index contributed by atoms with van der Waals surface area (Å²) in [4.78, 5) is 41.2. The highest BCUT2D eigenvalue weighted by molar-refractivity contribution is 5.79. The zero-order chi connectivity index (χ0) is 21.8. The Kier molecular flexibility index (Phi) is 6.24. The number of carbonyl (C=O) groups is 2. The molecule has 164 valence electrons. The molecule has 1 unspecified atom stereocenters. The van der Waals surface area contributed by atoms with Gasteiger partial charge in [0.15, 0.2) is 0 Å². The summed E-state index contributed by atoms with van der Waals surface area (Å²) < 4.78 is 1.18. The second-order valence-electron chi connectivity index (χ2n) is 8.13. The predicted octanol–water partition coefficient (Wildman–Crippen LogP) is 2.01. The summed E-state index contributed by atoms with van der Waals surface area (Å²) in [6.07, 6.45) is 7.09. The first-order valence-electron chi connectivity index (χ1n) is 10.7. The van der Waals surface area contributed by atoms with Gasteiger partial charge in [0.25, 0.3) is 0 Å². The molecule has 2 aromatic rings. The number of nitrogens with zero attached hydrogens (tertiary/aromatic N) is 5. The minimum atomic E-state index is -0.693. The molecular formula is C21H26N6O4. The molecule has 0 bridgehead atoms. The van der Waals surface area contributed by atoms with Crippen LogP contribution in [0.15, 0.2) is 30.6 Å². The Morgan fingerprint density at radius 1 is 1.19 bits per heavy atom. The Balaban J connectivity index is 1.48. The number of benzene rings is 1. The summed E-state index contributed by atoms with van der Waals surface area (Å²) in [5.74, 6) is -0.645. The Morgan fingerprint density at radius 3 is 2.71 bits per heavy atom. The number of carbonyl (C=O) groups excluding carboxylic acids is 2. The maximum absolute atomic E-state index is 13.1. The molecule has 1 fully saturated rings. The lowest BCUT2D eigenvalue weighted by Crippen LogP contribution is -2.47. The van der Waals surface area contributed by atoms with Crippen molar-refractivity contribution >= 4 is 17.8 Å². The number of fused-ring (bicyclic) bond motifs is 1. The van der Waals surface area contributed by atoms with Gasteiger partial charge in [-0.3, -0.25) is 9.59 Å². The molecule has 1 N–H and O–H groups in total. The number of rotatable bonds is 6. The number of hydrogen-bond acceptors (Lipinski definition) is 6. The third kappa shape index (κ3) is 4.73. The van der Waals surface area contributed by atoms with Gasteiger partial charge in [0, 0.05) is 24.1 Å². The maximum atomic E-state index is 13.1. The first-order chi connectivity index (χ1) is 15.0. The molecule has 2 heterocycles. The van der Waals surface area contributed by atoms with E-state index in [1.54, 1.807) is 4.90 Å². The molecule has 1 aromatic carbocycles. The van der Waals surface area contributed by atoms with Crippen molar-refractivity contribution < 1.29 is 14.5 Å². The third-order valence-electron chi connectivity index (χ3n) is 6.16. The average molecular weight is 426 g/mol. The van der Waals surface area contributed by atoms with Gasteiger partial charge in [-0.25, -0.2) is 0 Å². The molecule has 1 aromatic heterocycles. The first kappa shape index (κ1) is 21.0. The largest absolute Gasteiger partial charge is 0.490 e. The summed E-state index contributed by atoms with van der Waals surface area (Å²) in [5, 5.41) is 17.6. The van der Waals surface area contributed by atoms with Crippen LogP contribution in [0.1, 0.15) is 49.3 Å². The molecule has 2 amide bonds. The van der Waals surface area contributed by atoms with Crippen molar-refractivity contribution in [2.24, 2.45) is 5.92 Å². The SMILES string of the molecule is O=C(NCC1c2ccccc2CCN1C(=O)Cn1cnc([N+](=O)[O-])n1)C1CCCCC1. The number of hydrogen-bond donors (Lipinski definition) is 1. The summed E-state index contributed by atoms with van der Waals surface area (Å²) in [6, 6.07) is 7.66. The second kappa shape index (κ2) is 9.23. The van der Waals surface area contributed by atoms with Crippen LogP contribution in [0.25, 0.3) is 0 Å². The predicted molar refractivity (Wildman–Crippen MR) is 111 cm³/mol. The number of nitrogens with one attached hydrogen (secondary N) is 1. The van der Waals surface area contributed by atoms with Crippen LogP contribution < -0.4 is 5.32 Å². The van der Waals surface area contributed by atoms with E-state index in [0.717, 1.165) is 31.2 Å². The van der Waals surface area contributed by atoms with Gasteiger partial charge in [-0.15, -0.1) is 0 Å². The minimum absolute atomic E-state index is 0.0485. The topological polar surface area (TPSA) is 123 Å². The molecule has 0 saturated heterocycles. The van der Waals surface area contributed by atoms with Gasteiger partial charge in [0.1, 0.15) is 6.54 Å². The van der Waals surface area contributed by atoms with Gasteiger partial charge in [0.05, 0.1) is 6.04 Å². The van der Waals surface area contributed by atoms with Crippen LogP contribution in [0, 0.1) is 16.0 Å². The lowest BCUT2D eigenvalue weighted by molar-refractivity contribution is -0.394. The van der Waals surface area contributed by atoms with E-state index < -0.39 is 10.9 Å². The average Bonchev–Trinajstić information content (AvgIpc) is 3.26. The lowest BCUT2D eigenvalue weighted by Gasteiger charge is -2.37. The molecule has 1 saturated carbocycles. The van der Waals surface area contributed by atoms with Crippen LogP contribution in [0.5, 0.6) is 0 Å².